The molecule has 0 spiro atoms. The van der Waals surface area contributed by atoms with Crippen LogP contribution in [0, 0.1) is 5.82 Å². The van der Waals surface area contributed by atoms with Gasteiger partial charge in [0.05, 0.1) is 12.1 Å². The average Bonchev–Trinajstić information content (AvgIpc) is 2.77. The molecule has 1 N–H and O–H groups in total. The number of aryl methyl sites for hydroxylation is 1. The Balaban J connectivity index is 2.14. The Morgan fingerprint density at radius 2 is 2.24 bits per heavy atom. The van der Waals surface area contributed by atoms with Crippen molar-refractivity contribution < 1.29 is 9.18 Å². The van der Waals surface area contributed by atoms with Gasteiger partial charge in [-0.3, -0.25) is 10.1 Å². The zero-order valence-corrected chi connectivity index (χ0v) is 9.09. The molecule has 2 rings (SSSR count). The van der Waals surface area contributed by atoms with Crippen molar-refractivity contribution in [3.05, 3.63) is 35.6 Å². The molecule has 2 aromatic rings. The largest absolute Gasteiger partial charge is 0.288 e. The van der Waals surface area contributed by atoms with Crippen molar-refractivity contribution in [2.45, 2.75) is 13.5 Å². The van der Waals surface area contributed by atoms with Gasteiger partial charge in [-0.25, -0.2) is 4.39 Å². The van der Waals surface area contributed by atoms with Gasteiger partial charge in [-0.15, -0.1) is 5.10 Å². The number of hydrogen-bond donors (Lipinski definition) is 1. The maximum absolute atomic E-state index is 13.3. The van der Waals surface area contributed by atoms with Gasteiger partial charge in [0.25, 0.3) is 11.9 Å². The third-order valence-corrected chi connectivity index (χ3v) is 2.08. The van der Waals surface area contributed by atoms with E-state index < -0.39 is 11.7 Å². The van der Waals surface area contributed by atoms with Crippen molar-refractivity contribution in [2.24, 2.45) is 0 Å². The second-order valence-corrected chi connectivity index (χ2v) is 3.24. The quantitative estimate of drug-likeness (QED) is 0.864. The number of tetrazole rings is 1. The lowest BCUT2D eigenvalue weighted by Crippen LogP contribution is -2.14. The molecule has 7 heteroatoms. The van der Waals surface area contributed by atoms with Crippen LogP contribution in [0.15, 0.2) is 24.3 Å². The van der Waals surface area contributed by atoms with Crippen molar-refractivity contribution in [1.82, 2.24) is 20.2 Å². The fourth-order valence-corrected chi connectivity index (χ4v) is 1.24. The van der Waals surface area contributed by atoms with Gasteiger partial charge in [0.2, 0.25) is 0 Å². The monoisotopic (exact) mass is 235 g/mol. The van der Waals surface area contributed by atoms with Gasteiger partial charge in [-0.1, -0.05) is 17.2 Å². The van der Waals surface area contributed by atoms with E-state index in [2.05, 4.69) is 20.7 Å². The number of aromatic nitrogens is 4. The normalized spacial score (nSPS) is 10.2. The molecule has 6 nitrogen and oxygen atoms in total. The van der Waals surface area contributed by atoms with Crippen LogP contribution in [0.4, 0.5) is 10.3 Å². The Morgan fingerprint density at radius 1 is 1.47 bits per heavy atom. The number of hydrogen-bond acceptors (Lipinski definition) is 4. The first-order chi connectivity index (χ1) is 8.20. The zero-order valence-electron chi connectivity index (χ0n) is 9.09. The van der Waals surface area contributed by atoms with Crippen LogP contribution in [-0.2, 0) is 6.54 Å². The first-order valence-corrected chi connectivity index (χ1v) is 5.04. The number of nitrogens with zero attached hydrogens (tertiary/aromatic N) is 4. The van der Waals surface area contributed by atoms with Crippen LogP contribution in [0.25, 0.3) is 0 Å². The first kappa shape index (κ1) is 11.2. The van der Waals surface area contributed by atoms with Crippen LogP contribution >= 0.6 is 0 Å². The number of carbonyl (C=O) groups is 1. The summed E-state index contributed by atoms with van der Waals surface area (Å²) in [5.74, 6) is -1.13. The highest BCUT2D eigenvalue weighted by Crippen LogP contribution is 2.08. The SMILES string of the molecule is CCn1nnc(NC(=O)c2ccccc2F)n1. The molecule has 1 aromatic heterocycles. The van der Waals surface area contributed by atoms with Gasteiger partial charge in [-0.05, 0) is 24.3 Å². The second kappa shape index (κ2) is 4.69. The summed E-state index contributed by atoms with van der Waals surface area (Å²) < 4.78 is 13.3. The van der Waals surface area contributed by atoms with E-state index >= 15 is 0 Å². The first-order valence-electron chi connectivity index (χ1n) is 5.04. The van der Waals surface area contributed by atoms with Crippen LogP contribution in [0.5, 0.6) is 0 Å². The van der Waals surface area contributed by atoms with E-state index in [9.17, 15) is 9.18 Å². The molecule has 0 aliphatic heterocycles. The van der Waals surface area contributed by atoms with E-state index in [4.69, 9.17) is 0 Å². The highest BCUT2D eigenvalue weighted by atomic mass is 19.1. The maximum atomic E-state index is 13.3. The van der Waals surface area contributed by atoms with E-state index in [1.165, 1.54) is 23.0 Å². The fourth-order valence-electron chi connectivity index (χ4n) is 1.24. The number of halogens is 1. The fraction of sp³-hybridized carbons (Fsp3) is 0.200. The molecule has 17 heavy (non-hydrogen) atoms. The number of amides is 1. The highest BCUT2D eigenvalue weighted by Gasteiger charge is 2.13. The second-order valence-electron chi connectivity index (χ2n) is 3.24. The predicted molar refractivity (Wildman–Crippen MR) is 57.8 cm³/mol. The Kier molecular flexibility index (Phi) is 3.08. The smallest absolute Gasteiger partial charge is 0.270 e. The summed E-state index contributed by atoms with van der Waals surface area (Å²) >= 11 is 0. The molecule has 0 aliphatic rings. The third kappa shape index (κ3) is 2.44. The van der Waals surface area contributed by atoms with E-state index in [0.29, 0.717) is 6.54 Å². The van der Waals surface area contributed by atoms with Crippen LogP contribution in [0.1, 0.15) is 17.3 Å². The Hall–Kier alpha value is -2.31. The van der Waals surface area contributed by atoms with Crippen molar-refractivity contribution in [1.29, 1.82) is 0 Å². The average molecular weight is 235 g/mol. The number of rotatable bonds is 3. The Labute approximate surface area is 96.4 Å². The van der Waals surface area contributed by atoms with Crippen molar-refractivity contribution in [2.75, 3.05) is 5.32 Å². The third-order valence-electron chi connectivity index (χ3n) is 2.08. The molecule has 0 aliphatic carbocycles. The lowest BCUT2D eigenvalue weighted by atomic mass is 10.2. The topological polar surface area (TPSA) is 72.7 Å². The number of nitrogens with one attached hydrogen (secondary N) is 1. The van der Waals surface area contributed by atoms with Gasteiger partial charge < -0.3 is 0 Å². The van der Waals surface area contributed by atoms with E-state index in [-0.39, 0.29) is 11.5 Å². The maximum Gasteiger partial charge on any atom is 0.270 e. The molecule has 0 bridgehead atoms. The molecule has 1 aromatic carbocycles. The summed E-state index contributed by atoms with van der Waals surface area (Å²) in [4.78, 5) is 13.0. The minimum atomic E-state index is -0.598. The Bertz CT molecular complexity index is 539. The summed E-state index contributed by atoms with van der Waals surface area (Å²) in [7, 11) is 0. The lowest BCUT2D eigenvalue weighted by molar-refractivity contribution is 0.102. The Morgan fingerprint density at radius 3 is 2.88 bits per heavy atom. The molecule has 0 fully saturated rings. The van der Waals surface area contributed by atoms with Crippen LogP contribution in [0.3, 0.4) is 0 Å². The van der Waals surface area contributed by atoms with Crippen LogP contribution in [-0.4, -0.2) is 26.1 Å². The zero-order chi connectivity index (χ0) is 12.3. The van der Waals surface area contributed by atoms with Crippen molar-refractivity contribution >= 4 is 11.9 Å². The molecule has 1 heterocycles. The van der Waals surface area contributed by atoms with E-state index in [0.717, 1.165) is 0 Å². The van der Waals surface area contributed by atoms with E-state index in [1.807, 2.05) is 6.92 Å². The molecule has 0 unspecified atom stereocenters. The summed E-state index contributed by atoms with van der Waals surface area (Å²) in [6.45, 7) is 2.38. The molecule has 1 amide bonds. The predicted octanol–water partition coefficient (Wildman–Crippen LogP) is 1.08. The molecule has 0 radical (unpaired) electrons. The van der Waals surface area contributed by atoms with Gasteiger partial charge in [0.15, 0.2) is 0 Å². The standard InChI is InChI=1S/C10H10FN5O/c1-2-16-14-10(13-15-16)12-9(17)7-5-3-4-6-8(7)11/h3-6H,2H2,1H3,(H,12,14,17). The number of carbonyl (C=O) groups excluding carboxylic acids is 1. The van der Waals surface area contributed by atoms with Crippen molar-refractivity contribution in [3.63, 3.8) is 0 Å². The minimum Gasteiger partial charge on any atom is -0.288 e. The van der Waals surface area contributed by atoms with Crippen LogP contribution < -0.4 is 5.32 Å². The summed E-state index contributed by atoms with van der Waals surface area (Å²) in [6, 6.07) is 5.69. The molecular formula is C10H10FN5O. The van der Waals surface area contributed by atoms with Crippen LogP contribution in [0.2, 0.25) is 0 Å². The highest BCUT2D eigenvalue weighted by molar-refractivity contribution is 6.03. The summed E-state index contributed by atoms with van der Waals surface area (Å²) in [5.41, 5.74) is -0.0552. The van der Waals surface area contributed by atoms with Gasteiger partial charge in [0.1, 0.15) is 5.82 Å². The molecule has 88 valence electrons. The van der Waals surface area contributed by atoms with Gasteiger partial charge >= 0.3 is 0 Å². The van der Waals surface area contributed by atoms with Gasteiger partial charge in [0, 0.05) is 0 Å². The number of anilines is 1. The van der Waals surface area contributed by atoms with E-state index in [1.54, 1.807) is 6.07 Å². The molecule has 0 saturated carbocycles. The summed E-state index contributed by atoms with van der Waals surface area (Å²) in [5, 5.41) is 13.5. The molecular weight excluding hydrogens is 225 g/mol. The summed E-state index contributed by atoms with van der Waals surface area (Å²) in [6.07, 6.45) is 0. The minimum absolute atomic E-state index is 0.0552. The number of benzene rings is 1. The molecule has 0 atom stereocenters. The van der Waals surface area contributed by atoms with Crippen molar-refractivity contribution in [3.8, 4) is 0 Å². The molecule has 0 saturated heterocycles. The lowest BCUT2D eigenvalue weighted by Gasteiger charge is -2.01. The van der Waals surface area contributed by atoms with Gasteiger partial charge in [-0.2, -0.15) is 4.80 Å².